The standard InChI is InChI=1S/C39H56F4N6O6/c1-9-44-39(55)33(22(6)7)49-35(51)23(8)45-19-25(17-20(2)3)46-36(52)26(16-15-24-13-11-10-12-14-24)47-37(53)27(18-21(4)5)48-38(54)28-29(40)31(42)34(50)32(43)30(28)41/h10-14,20-23,25-27,33,45,50H,9,15-19H2,1-8H3,(H,44,55)(H,46,52)(H,47,53)(H,48,54)(H,49,51)/p+1/t23-,25-,26-,27-,33-/m0/s1. The molecule has 0 aliphatic heterocycles. The number of hydrogen-bond donors (Lipinski definition) is 7. The third-order valence-electron chi connectivity index (χ3n) is 8.87. The second-order valence-corrected chi connectivity index (χ2v) is 14.9. The zero-order chi connectivity index (χ0) is 41.6. The minimum Gasteiger partial charge on any atom is -0.503 e. The molecular formula is C39H57F4N6O6+. The summed E-state index contributed by atoms with van der Waals surface area (Å²) in [6, 6.07) is 4.67. The van der Waals surface area contributed by atoms with Gasteiger partial charge in [-0.25, -0.2) is 13.6 Å². The van der Waals surface area contributed by atoms with Gasteiger partial charge in [0.25, 0.3) is 5.91 Å². The Hall–Kier alpha value is -4.57. The van der Waals surface area contributed by atoms with Crippen LogP contribution in [0.5, 0.6) is 5.75 Å². The fraction of sp³-hybridized carbons (Fsp3) is 0.564. The van der Waals surface area contributed by atoms with Gasteiger partial charge >= 0.3 is 5.91 Å². The monoisotopic (exact) mass is 781 g/mol. The van der Waals surface area contributed by atoms with E-state index in [2.05, 4.69) is 26.6 Å². The second-order valence-electron chi connectivity index (χ2n) is 14.9. The fourth-order valence-corrected chi connectivity index (χ4v) is 5.95. The van der Waals surface area contributed by atoms with Crippen LogP contribution in [0.15, 0.2) is 30.3 Å². The van der Waals surface area contributed by atoms with E-state index in [-0.39, 0.29) is 43.0 Å². The minimum atomic E-state index is -2.17. The number of rotatable bonds is 21. The van der Waals surface area contributed by atoms with E-state index < -0.39 is 88.4 Å². The Morgan fingerprint density at radius 3 is 1.84 bits per heavy atom. The third-order valence-corrected chi connectivity index (χ3v) is 8.87. The number of hydrogen-bond acceptors (Lipinski definition) is 7. The van der Waals surface area contributed by atoms with Gasteiger partial charge in [0.15, 0.2) is 17.4 Å². The molecule has 0 bridgehead atoms. The molecule has 16 heteroatoms. The molecule has 2 aromatic rings. The van der Waals surface area contributed by atoms with Crippen LogP contribution in [0.1, 0.15) is 90.6 Å². The zero-order valence-electron chi connectivity index (χ0n) is 32.8. The van der Waals surface area contributed by atoms with Gasteiger partial charge in [-0.05, 0) is 56.4 Å². The van der Waals surface area contributed by atoms with E-state index in [4.69, 9.17) is 0 Å². The van der Waals surface area contributed by atoms with Crippen LogP contribution in [-0.4, -0.2) is 77.9 Å². The number of aromatic hydroxyl groups is 1. The molecule has 0 spiro atoms. The lowest BCUT2D eigenvalue weighted by atomic mass is 9.99. The molecule has 306 valence electrons. The van der Waals surface area contributed by atoms with Crippen LogP contribution in [0.25, 0.3) is 0 Å². The van der Waals surface area contributed by atoms with Crippen molar-refractivity contribution >= 4 is 29.5 Å². The highest BCUT2D eigenvalue weighted by Gasteiger charge is 2.35. The number of halogens is 4. The third kappa shape index (κ3) is 14.2. The van der Waals surface area contributed by atoms with E-state index in [0.717, 1.165) is 5.56 Å². The first-order chi connectivity index (χ1) is 25.8. The Morgan fingerprint density at radius 1 is 0.727 bits per heavy atom. The Balaban J connectivity index is 2.32. The molecular weight excluding hydrogens is 724 g/mol. The molecule has 12 nitrogen and oxygen atoms in total. The Kier molecular flexibility index (Phi) is 18.7. The molecule has 0 radical (unpaired) electrons. The number of quaternary nitrogens is 1. The zero-order valence-corrected chi connectivity index (χ0v) is 32.8. The van der Waals surface area contributed by atoms with Crippen molar-refractivity contribution in [1.82, 2.24) is 26.6 Å². The lowest BCUT2D eigenvalue weighted by Gasteiger charge is -2.26. The number of phenols is 1. The molecule has 5 amide bonds. The minimum absolute atomic E-state index is 0.0786. The quantitative estimate of drug-likeness (QED) is 0.0751. The van der Waals surface area contributed by atoms with Crippen LogP contribution >= 0.6 is 0 Å². The Labute approximate surface area is 320 Å². The molecule has 0 heterocycles. The summed E-state index contributed by atoms with van der Waals surface area (Å²) >= 11 is 0. The maximum atomic E-state index is 14.6. The molecule has 2 rings (SSSR count). The van der Waals surface area contributed by atoms with E-state index in [1.54, 1.807) is 27.7 Å². The molecule has 0 fully saturated rings. The van der Waals surface area contributed by atoms with Crippen LogP contribution in [0.2, 0.25) is 0 Å². The van der Waals surface area contributed by atoms with E-state index in [1.807, 2.05) is 58.0 Å². The molecule has 5 atom stereocenters. The molecule has 0 aliphatic rings. The average molecular weight is 782 g/mol. The van der Waals surface area contributed by atoms with Crippen LogP contribution < -0.4 is 31.9 Å². The topological polar surface area (TPSA) is 182 Å². The molecule has 55 heavy (non-hydrogen) atoms. The number of benzene rings is 2. The van der Waals surface area contributed by atoms with E-state index in [1.165, 1.54) is 5.32 Å². The number of likely N-dealkylation sites (N-methyl/N-ethyl adjacent to an activating group) is 1. The van der Waals surface area contributed by atoms with Gasteiger partial charge in [-0.3, -0.25) is 24.5 Å². The van der Waals surface area contributed by atoms with Gasteiger partial charge < -0.3 is 31.7 Å². The van der Waals surface area contributed by atoms with Gasteiger partial charge in [0, 0.05) is 19.5 Å². The van der Waals surface area contributed by atoms with Gasteiger partial charge in [0.05, 0.1) is 6.04 Å². The number of nitrogens with two attached hydrogens (primary N) is 1. The summed E-state index contributed by atoms with van der Waals surface area (Å²) in [7, 11) is 0. The summed E-state index contributed by atoms with van der Waals surface area (Å²) < 4.78 is 57.3. The van der Waals surface area contributed by atoms with Crippen LogP contribution in [0, 0.1) is 41.0 Å². The molecule has 0 aromatic heterocycles. The summed E-state index contributed by atoms with van der Waals surface area (Å²) in [5, 5.41) is 24.3. The highest BCUT2D eigenvalue weighted by Crippen LogP contribution is 2.29. The van der Waals surface area contributed by atoms with E-state index in [9.17, 15) is 46.6 Å². The lowest BCUT2D eigenvalue weighted by Crippen LogP contribution is -2.97. The normalized spacial score (nSPS) is 14.2. The summed E-state index contributed by atoms with van der Waals surface area (Å²) in [6.07, 6.45) is 0.942. The van der Waals surface area contributed by atoms with Crippen LogP contribution in [0.3, 0.4) is 0 Å². The number of nitrogens with one attached hydrogen (secondary N) is 5. The molecule has 0 saturated heterocycles. The van der Waals surface area contributed by atoms with Crippen molar-refractivity contribution in [1.29, 1.82) is 0 Å². The molecule has 0 unspecified atom stereocenters. The van der Waals surface area contributed by atoms with Gasteiger partial charge in [0.2, 0.25) is 29.4 Å². The molecule has 8 N–H and O–H groups in total. The first-order valence-corrected chi connectivity index (χ1v) is 18.7. The highest BCUT2D eigenvalue weighted by molar-refractivity contribution is 5.98. The van der Waals surface area contributed by atoms with Gasteiger partial charge in [-0.15, -0.1) is 0 Å². The van der Waals surface area contributed by atoms with Crippen molar-refractivity contribution in [3.05, 3.63) is 64.7 Å². The molecule has 0 saturated carbocycles. The predicted molar refractivity (Wildman–Crippen MR) is 198 cm³/mol. The van der Waals surface area contributed by atoms with Gasteiger partial charge in [-0.2, -0.15) is 8.78 Å². The molecule has 0 aliphatic carbocycles. The Bertz CT molecular complexity index is 1600. The van der Waals surface area contributed by atoms with E-state index >= 15 is 0 Å². The maximum absolute atomic E-state index is 14.6. The summed E-state index contributed by atoms with van der Waals surface area (Å²) in [4.78, 5) is 66.3. The van der Waals surface area contributed by atoms with Gasteiger partial charge in [-0.1, -0.05) is 71.9 Å². The van der Waals surface area contributed by atoms with Gasteiger partial charge in [0.1, 0.15) is 29.7 Å². The fourth-order valence-electron chi connectivity index (χ4n) is 5.95. The van der Waals surface area contributed by atoms with Crippen molar-refractivity contribution in [3.8, 4) is 5.75 Å². The maximum Gasteiger partial charge on any atom is 0.333 e. The SMILES string of the molecule is CCNC(=O)[C@@H](NC(=O)[C@H](C)NC[C@H](CC(C)C)[NH2+]C(=O)[C@H](CCc1ccccc1)NC(=O)[C@H](CC(C)C)NC(=O)c1c(F)c(F)c(O)c(F)c1F)C(C)C. The van der Waals surface area contributed by atoms with Crippen LogP contribution in [0.4, 0.5) is 17.6 Å². The van der Waals surface area contributed by atoms with Crippen molar-refractivity contribution < 1.29 is 52.0 Å². The largest absolute Gasteiger partial charge is 0.503 e. The van der Waals surface area contributed by atoms with Crippen molar-refractivity contribution in [2.45, 2.75) is 111 Å². The van der Waals surface area contributed by atoms with Crippen LogP contribution in [-0.2, 0) is 25.6 Å². The van der Waals surface area contributed by atoms with E-state index in [0.29, 0.717) is 19.4 Å². The summed E-state index contributed by atoms with van der Waals surface area (Å²) in [5.74, 6) is -14.5. The number of primary amides is 1. The number of amides is 5. The number of carbonyl (C=O) groups excluding carboxylic acids is 5. The van der Waals surface area contributed by atoms with Crippen molar-refractivity contribution in [3.63, 3.8) is 0 Å². The number of aryl methyl sites for hydroxylation is 1. The molecule has 2 aromatic carbocycles. The second kappa shape index (κ2) is 22.1. The first kappa shape index (κ1) is 46.6. The predicted octanol–water partition coefficient (Wildman–Crippen LogP) is 2.97. The first-order valence-electron chi connectivity index (χ1n) is 18.7. The highest BCUT2D eigenvalue weighted by atomic mass is 19.2. The lowest BCUT2D eigenvalue weighted by molar-refractivity contribution is -0.607. The number of phenolic OH excluding ortho intramolecular Hbond substituents is 1. The Morgan fingerprint density at radius 2 is 1.31 bits per heavy atom. The number of carbonyl (C=O) groups is 5. The smallest absolute Gasteiger partial charge is 0.333 e. The van der Waals surface area contributed by atoms with Crippen molar-refractivity contribution in [2.24, 2.45) is 17.8 Å². The summed E-state index contributed by atoms with van der Waals surface area (Å²) in [6.45, 7) is 15.0. The summed E-state index contributed by atoms with van der Waals surface area (Å²) in [5.41, 5.74) is -0.785. The average Bonchev–Trinajstić information content (AvgIpc) is 3.12. The van der Waals surface area contributed by atoms with Crippen molar-refractivity contribution in [2.75, 3.05) is 13.1 Å².